The summed E-state index contributed by atoms with van der Waals surface area (Å²) >= 11 is 6.55. The van der Waals surface area contributed by atoms with Crippen LogP contribution in [0.1, 0.15) is 15.9 Å². The van der Waals surface area contributed by atoms with Gasteiger partial charge in [-0.1, -0.05) is 59.6 Å². The van der Waals surface area contributed by atoms with E-state index in [4.69, 9.17) is 16.0 Å². The van der Waals surface area contributed by atoms with Gasteiger partial charge in [-0.25, -0.2) is 13.4 Å². The third-order valence-electron chi connectivity index (χ3n) is 7.32. The number of sulfonamides is 1. The number of furan rings is 1. The largest absolute Gasteiger partial charge is 0.455 e. The van der Waals surface area contributed by atoms with Gasteiger partial charge in [0, 0.05) is 47.6 Å². The van der Waals surface area contributed by atoms with Crippen LogP contribution in [0.25, 0.3) is 55.7 Å². The summed E-state index contributed by atoms with van der Waals surface area (Å²) in [6, 6.07) is 24.5. The van der Waals surface area contributed by atoms with Gasteiger partial charge in [0.25, 0.3) is 5.91 Å². The van der Waals surface area contributed by atoms with Crippen LogP contribution >= 0.6 is 11.6 Å². The Kier molecular flexibility index (Phi) is 6.79. The fourth-order valence-corrected chi connectivity index (χ4v) is 5.78. The summed E-state index contributed by atoms with van der Waals surface area (Å²) in [6.07, 6.45) is 1.13. The minimum atomic E-state index is -3.67. The second kappa shape index (κ2) is 10.3. The van der Waals surface area contributed by atoms with E-state index in [0.717, 1.165) is 34.0 Å². The zero-order valence-electron chi connectivity index (χ0n) is 23.3. The number of anilines is 1. The van der Waals surface area contributed by atoms with Crippen molar-refractivity contribution >= 4 is 55.1 Å². The lowest BCUT2D eigenvalue weighted by Gasteiger charge is -2.21. The number of benzene rings is 3. The van der Waals surface area contributed by atoms with E-state index in [1.807, 2.05) is 67.6 Å². The molecule has 1 amide bonds. The van der Waals surface area contributed by atoms with E-state index in [-0.39, 0.29) is 11.1 Å². The minimum absolute atomic E-state index is 0.230. The normalized spacial score (nSPS) is 11.7. The number of H-pyrrole nitrogens is 1. The minimum Gasteiger partial charge on any atom is -0.455 e. The van der Waals surface area contributed by atoms with Gasteiger partial charge in [0.15, 0.2) is 0 Å². The Bertz CT molecular complexity index is 2080. The molecule has 2 N–H and O–H groups in total. The maximum absolute atomic E-state index is 13.2. The Hall–Kier alpha value is -4.60. The first-order chi connectivity index (χ1) is 20.0. The van der Waals surface area contributed by atoms with E-state index < -0.39 is 10.0 Å². The summed E-state index contributed by atoms with van der Waals surface area (Å²) in [7, 11) is -0.634. The van der Waals surface area contributed by atoms with Gasteiger partial charge >= 0.3 is 0 Å². The number of amides is 1. The summed E-state index contributed by atoms with van der Waals surface area (Å²) in [5.74, 6) is 0.0620. The molecule has 0 atom stereocenters. The molecule has 212 valence electrons. The molecule has 3 aromatic heterocycles. The van der Waals surface area contributed by atoms with Crippen molar-refractivity contribution in [1.29, 1.82) is 0 Å². The van der Waals surface area contributed by atoms with Crippen molar-refractivity contribution < 1.29 is 17.6 Å². The lowest BCUT2D eigenvalue weighted by Crippen LogP contribution is -2.25. The van der Waals surface area contributed by atoms with E-state index in [1.54, 1.807) is 25.2 Å². The highest BCUT2D eigenvalue weighted by Crippen LogP contribution is 2.42. The number of para-hydroxylation sites is 1. The van der Waals surface area contributed by atoms with Gasteiger partial charge in [-0.15, -0.1) is 0 Å². The number of aryl methyl sites for hydroxylation is 1. The number of nitrogens with one attached hydrogen (secondary N) is 2. The number of carbonyl (C=O) groups is 1. The molecule has 0 aliphatic carbocycles. The number of carbonyl (C=O) groups excluding carboxylic acids is 1. The average molecular weight is 599 g/mol. The maximum atomic E-state index is 13.2. The topological polar surface area (TPSA) is 108 Å². The van der Waals surface area contributed by atoms with Crippen LogP contribution < -0.4 is 9.62 Å². The summed E-state index contributed by atoms with van der Waals surface area (Å²) in [6.45, 7) is 1.98. The molecule has 0 fully saturated rings. The lowest BCUT2D eigenvalue weighted by atomic mass is 9.98. The number of aromatic nitrogens is 2. The van der Waals surface area contributed by atoms with Crippen LogP contribution in [0.15, 0.2) is 83.3 Å². The van der Waals surface area contributed by atoms with Gasteiger partial charge in [0.05, 0.1) is 28.9 Å². The van der Waals surface area contributed by atoms with Crippen molar-refractivity contribution in [2.45, 2.75) is 6.92 Å². The average Bonchev–Trinajstić information content (AvgIpc) is 3.57. The third kappa shape index (κ3) is 4.91. The molecule has 0 saturated heterocycles. The Balaban J connectivity index is 1.63. The van der Waals surface area contributed by atoms with Crippen LogP contribution in [0.5, 0.6) is 0 Å². The highest BCUT2D eigenvalue weighted by molar-refractivity contribution is 7.92. The molecule has 3 heterocycles. The van der Waals surface area contributed by atoms with Crippen LogP contribution in [0, 0.1) is 6.92 Å². The molecule has 0 unspecified atom stereocenters. The van der Waals surface area contributed by atoms with Crippen molar-refractivity contribution in [2.75, 3.05) is 24.7 Å². The highest BCUT2D eigenvalue weighted by Gasteiger charge is 2.26. The first kappa shape index (κ1) is 27.6. The molecule has 0 saturated carbocycles. The monoisotopic (exact) mass is 598 g/mol. The van der Waals surface area contributed by atoms with Gasteiger partial charge in [0.2, 0.25) is 10.0 Å². The number of nitrogens with zero attached hydrogens (tertiary/aromatic N) is 2. The van der Waals surface area contributed by atoms with E-state index >= 15 is 0 Å². The standard InChI is InChI=1S/C32H27ClN4O4S/c1-18-9-11-19(12-10-18)31-30(32(38)34-2)23-16-22(27(17-28(23)41-31)37(3)42(4,39)40)21-14-26(36-29(33)15-21)25-13-20-7-5-6-8-24(20)35-25/h5-17,35H,1-4H3,(H,34,38). The third-order valence-corrected chi connectivity index (χ3v) is 8.71. The number of hydrogen-bond acceptors (Lipinski definition) is 5. The zero-order chi connectivity index (χ0) is 29.8. The number of rotatable bonds is 6. The van der Waals surface area contributed by atoms with Gasteiger partial charge in [-0.2, -0.15) is 0 Å². The molecule has 42 heavy (non-hydrogen) atoms. The number of fused-ring (bicyclic) bond motifs is 2. The number of aromatic amines is 1. The summed E-state index contributed by atoms with van der Waals surface area (Å²) in [5, 5.41) is 4.50. The van der Waals surface area contributed by atoms with Crippen molar-refractivity contribution in [2.24, 2.45) is 0 Å². The molecule has 6 aromatic rings. The first-order valence-electron chi connectivity index (χ1n) is 13.1. The Morgan fingerprint density at radius 1 is 1.00 bits per heavy atom. The quantitative estimate of drug-likeness (QED) is 0.200. The molecule has 3 aromatic carbocycles. The predicted molar refractivity (Wildman–Crippen MR) is 169 cm³/mol. The second-order valence-electron chi connectivity index (χ2n) is 10.2. The Morgan fingerprint density at radius 3 is 2.43 bits per heavy atom. The molecule has 0 bridgehead atoms. The SMILES string of the molecule is CNC(=O)c1c(-c2ccc(C)cc2)oc2cc(N(C)S(C)(=O)=O)c(-c3cc(Cl)nc(-c4cc5ccccc5[nH]4)c3)cc12. The van der Waals surface area contributed by atoms with Crippen molar-refractivity contribution in [3.05, 3.63) is 95.1 Å². The summed E-state index contributed by atoms with van der Waals surface area (Å²) in [5.41, 5.74) is 6.33. The summed E-state index contributed by atoms with van der Waals surface area (Å²) < 4.78 is 33.0. The highest BCUT2D eigenvalue weighted by atomic mass is 35.5. The van der Waals surface area contributed by atoms with E-state index in [9.17, 15) is 13.2 Å². The van der Waals surface area contributed by atoms with Crippen LogP contribution in [0.2, 0.25) is 5.15 Å². The van der Waals surface area contributed by atoms with Gasteiger partial charge in [-0.05, 0) is 42.8 Å². The smallest absolute Gasteiger partial charge is 0.255 e. The molecular formula is C32H27ClN4O4S. The number of hydrogen-bond donors (Lipinski definition) is 2. The fourth-order valence-electron chi connectivity index (χ4n) is 5.06. The molecule has 0 radical (unpaired) electrons. The molecule has 0 aliphatic heterocycles. The van der Waals surface area contributed by atoms with Gasteiger partial charge < -0.3 is 14.7 Å². The molecule has 8 nitrogen and oxygen atoms in total. The number of halogens is 1. The lowest BCUT2D eigenvalue weighted by molar-refractivity contribution is 0.0964. The van der Waals surface area contributed by atoms with Crippen LogP contribution in [0.4, 0.5) is 5.69 Å². The van der Waals surface area contributed by atoms with Crippen LogP contribution in [-0.2, 0) is 10.0 Å². The van der Waals surface area contributed by atoms with Crippen LogP contribution in [0.3, 0.4) is 0 Å². The predicted octanol–water partition coefficient (Wildman–Crippen LogP) is 7.03. The van der Waals surface area contributed by atoms with E-state index in [0.29, 0.717) is 44.8 Å². The van der Waals surface area contributed by atoms with Crippen molar-refractivity contribution in [3.8, 4) is 33.8 Å². The molecular weight excluding hydrogens is 572 g/mol. The maximum Gasteiger partial charge on any atom is 0.255 e. The molecule has 6 rings (SSSR count). The van der Waals surface area contributed by atoms with Crippen LogP contribution in [-0.4, -0.2) is 44.6 Å². The van der Waals surface area contributed by atoms with Crippen molar-refractivity contribution in [3.63, 3.8) is 0 Å². The fraction of sp³-hybridized carbons (Fsp3) is 0.125. The van der Waals surface area contributed by atoms with E-state index in [1.165, 1.54) is 11.4 Å². The van der Waals surface area contributed by atoms with Gasteiger partial charge in [-0.3, -0.25) is 9.10 Å². The summed E-state index contributed by atoms with van der Waals surface area (Å²) in [4.78, 5) is 21.2. The molecule has 0 spiro atoms. The Labute approximate surface area is 248 Å². The molecule has 0 aliphatic rings. The molecule has 10 heteroatoms. The van der Waals surface area contributed by atoms with Gasteiger partial charge in [0.1, 0.15) is 16.5 Å². The Morgan fingerprint density at radius 2 is 1.74 bits per heavy atom. The van der Waals surface area contributed by atoms with E-state index in [2.05, 4.69) is 15.3 Å². The van der Waals surface area contributed by atoms with Crippen molar-refractivity contribution in [1.82, 2.24) is 15.3 Å². The second-order valence-corrected chi connectivity index (χ2v) is 12.6. The zero-order valence-corrected chi connectivity index (χ0v) is 24.9. The first-order valence-corrected chi connectivity index (χ1v) is 15.4. The number of pyridine rings is 1.